The van der Waals surface area contributed by atoms with Crippen LogP contribution in [0.5, 0.6) is 0 Å². The first-order chi connectivity index (χ1) is 10.0. The van der Waals surface area contributed by atoms with Gasteiger partial charge in [0.05, 0.1) is 20.7 Å². The lowest BCUT2D eigenvalue weighted by molar-refractivity contribution is 0.672. The minimum atomic E-state index is -0.107. The minimum Gasteiger partial charge on any atom is -0.326 e. The van der Waals surface area contributed by atoms with Crippen molar-refractivity contribution in [2.45, 2.75) is 32.2 Å². The molecule has 0 spiro atoms. The molecule has 0 fully saturated rings. The molecule has 0 aliphatic rings. The van der Waals surface area contributed by atoms with Gasteiger partial charge in [-0.2, -0.15) is 0 Å². The summed E-state index contributed by atoms with van der Waals surface area (Å²) in [6, 6.07) is 10.4. The van der Waals surface area contributed by atoms with Crippen LogP contribution in [0.15, 0.2) is 30.3 Å². The fourth-order valence-electron chi connectivity index (χ4n) is 2.51. The molecule has 3 rings (SSSR count). The zero-order valence-electron chi connectivity index (χ0n) is 11.9. The lowest BCUT2D eigenvalue weighted by atomic mass is 10.2. The van der Waals surface area contributed by atoms with Crippen molar-refractivity contribution in [3.05, 3.63) is 50.9 Å². The molecule has 0 radical (unpaired) electrons. The summed E-state index contributed by atoms with van der Waals surface area (Å²) in [6.45, 7) is 4.91. The molecule has 0 N–H and O–H groups in total. The van der Waals surface area contributed by atoms with Gasteiger partial charge < -0.3 is 4.57 Å². The number of alkyl halides is 1. The third-order valence-electron chi connectivity index (χ3n) is 3.50. The highest BCUT2D eigenvalue weighted by molar-refractivity contribution is 7.16. The lowest BCUT2D eigenvalue weighted by Gasteiger charge is -2.09. The molecule has 3 aromatic rings. The Kier molecular flexibility index (Phi) is 4.25. The van der Waals surface area contributed by atoms with Crippen molar-refractivity contribution in [3.63, 3.8) is 0 Å². The van der Waals surface area contributed by atoms with Crippen molar-refractivity contribution in [2.24, 2.45) is 0 Å². The number of hydrogen-bond donors (Lipinski definition) is 0. The van der Waals surface area contributed by atoms with Crippen LogP contribution in [0, 0.1) is 6.92 Å². The molecule has 0 saturated heterocycles. The van der Waals surface area contributed by atoms with E-state index in [-0.39, 0.29) is 5.38 Å². The maximum atomic E-state index is 6.30. The van der Waals surface area contributed by atoms with E-state index in [1.54, 1.807) is 11.3 Å². The van der Waals surface area contributed by atoms with Gasteiger partial charge in [0.1, 0.15) is 5.82 Å². The number of halogens is 2. The van der Waals surface area contributed by atoms with Crippen LogP contribution >= 0.6 is 34.5 Å². The molecule has 1 atom stereocenters. The van der Waals surface area contributed by atoms with E-state index in [1.807, 2.05) is 13.0 Å². The Hall–Kier alpha value is -1.03. The summed E-state index contributed by atoms with van der Waals surface area (Å²) in [7, 11) is 0. The summed E-state index contributed by atoms with van der Waals surface area (Å²) < 4.78 is 3.06. The Morgan fingerprint density at radius 2 is 2.10 bits per heavy atom. The van der Waals surface area contributed by atoms with Crippen molar-refractivity contribution in [1.82, 2.24) is 9.55 Å². The third-order valence-corrected chi connectivity index (χ3v) is 4.99. The van der Waals surface area contributed by atoms with Crippen molar-refractivity contribution >= 4 is 45.6 Å². The first kappa shape index (κ1) is 14.9. The van der Waals surface area contributed by atoms with Crippen LogP contribution in [0.1, 0.15) is 28.6 Å². The fourth-order valence-corrected chi connectivity index (χ4v) is 3.75. The van der Waals surface area contributed by atoms with E-state index in [0.29, 0.717) is 0 Å². The Balaban J connectivity index is 1.97. The molecule has 1 unspecified atom stereocenters. The van der Waals surface area contributed by atoms with E-state index in [2.05, 4.69) is 35.8 Å². The molecule has 0 aliphatic heterocycles. The van der Waals surface area contributed by atoms with Crippen LogP contribution in [0.2, 0.25) is 4.34 Å². The molecular formula is C16H16Cl2N2S. The van der Waals surface area contributed by atoms with Gasteiger partial charge in [-0.05, 0) is 50.1 Å². The second-order valence-corrected chi connectivity index (χ2v) is 7.64. The zero-order chi connectivity index (χ0) is 15.0. The fraction of sp³-hybridized carbons (Fsp3) is 0.312. The molecule has 5 heteroatoms. The highest BCUT2D eigenvalue weighted by atomic mass is 35.5. The molecule has 0 saturated carbocycles. The molecule has 110 valence electrons. The van der Waals surface area contributed by atoms with Gasteiger partial charge in [0.25, 0.3) is 0 Å². The van der Waals surface area contributed by atoms with Crippen molar-refractivity contribution < 1.29 is 0 Å². The van der Waals surface area contributed by atoms with Crippen molar-refractivity contribution in [2.75, 3.05) is 0 Å². The Bertz CT molecular complexity index is 774. The van der Waals surface area contributed by atoms with E-state index < -0.39 is 0 Å². The number of hydrogen-bond acceptors (Lipinski definition) is 2. The van der Waals surface area contributed by atoms with Gasteiger partial charge in [0.15, 0.2) is 0 Å². The van der Waals surface area contributed by atoms with Crippen LogP contribution in [0.4, 0.5) is 0 Å². The molecule has 2 nitrogen and oxygen atoms in total. The van der Waals surface area contributed by atoms with Crippen LogP contribution < -0.4 is 0 Å². The van der Waals surface area contributed by atoms with Crippen LogP contribution in [-0.2, 0) is 13.0 Å². The summed E-state index contributed by atoms with van der Waals surface area (Å²) in [5.41, 5.74) is 3.37. The number of nitrogens with zero attached hydrogens (tertiary/aromatic N) is 2. The molecule has 1 aromatic carbocycles. The normalized spacial score (nSPS) is 13.0. The van der Waals surface area contributed by atoms with Crippen molar-refractivity contribution in [1.29, 1.82) is 0 Å². The SMILES string of the molecule is Cc1ccc2c(c1)nc(C(C)Cl)n2CCc1ccc(Cl)s1. The number of aromatic nitrogens is 2. The van der Waals surface area contributed by atoms with Gasteiger partial charge in [0.2, 0.25) is 0 Å². The molecular weight excluding hydrogens is 323 g/mol. The van der Waals surface area contributed by atoms with Crippen LogP contribution in [0.25, 0.3) is 11.0 Å². The van der Waals surface area contributed by atoms with E-state index >= 15 is 0 Å². The lowest BCUT2D eigenvalue weighted by Crippen LogP contribution is -2.06. The summed E-state index contributed by atoms with van der Waals surface area (Å²) >= 11 is 13.9. The Morgan fingerprint density at radius 1 is 1.29 bits per heavy atom. The molecule has 2 aromatic heterocycles. The first-order valence-electron chi connectivity index (χ1n) is 6.89. The van der Waals surface area contributed by atoms with E-state index in [1.165, 1.54) is 10.4 Å². The topological polar surface area (TPSA) is 17.8 Å². The van der Waals surface area contributed by atoms with Crippen LogP contribution in [-0.4, -0.2) is 9.55 Å². The zero-order valence-corrected chi connectivity index (χ0v) is 14.3. The highest BCUT2D eigenvalue weighted by Gasteiger charge is 2.15. The molecule has 0 bridgehead atoms. The van der Waals surface area contributed by atoms with Crippen LogP contribution in [0.3, 0.4) is 0 Å². The summed E-state index contributed by atoms with van der Waals surface area (Å²) in [4.78, 5) is 5.98. The summed E-state index contributed by atoms with van der Waals surface area (Å²) in [6.07, 6.45) is 0.938. The van der Waals surface area contributed by atoms with E-state index in [9.17, 15) is 0 Å². The predicted octanol–water partition coefficient (Wildman–Crippen LogP) is 5.60. The van der Waals surface area contributed by atoms with E-state index in [0.717, 1.165) is 34.2 Å². The molecule has 21 heavy (non-hydrogen) atoms. The second-order valence-electron chi connectivity index (χ2n) is 5.19. The van der Waals surface area contributed by atoms with Gasteiger partial charge in [-0.15, -0.1) is 22.9 Å². The second kappa shape index (κ2) is 5.99. The number of aryl methyl sites for hydroxylation is 3. The molecule has 0 amide bonds. The van der Waals surface area contributed by atoms with Gasteiger partial charge in [-0.1, -0.05) is 17.7 Å². The van der Waals surface area contributed by atoms with E-state index in [4.69, 9.17) is 28.2 Å². The third kappa shape index (κ3) is 3.10. The van der Waals surface area contributed by atoms with Gasteiger partial charge in [-0.25, -0.2) is 4.98 Å². The van der Waals surface area contributed by atoms with Gasteiger partial charge in [0, 0.05) is 11.4 Å². The number of rotatable bonds is 4. The van der Waals surface area contributed by atoms with Gasteiger partial charge in [-0.3, -0.25) is 0 Å². The maximum Gasteiger partial charge on any atom is 0.127 e. The summed E-state index contributed by atoms with van der Waals surface area (Å²) in [5.74, 6) is 0.930. The average Bonchev–Trinajstić information content (AvgIpc) is 2.99. The minimum absolute atomic E-state index is 0.107. The number of thiophene rings is 1. The number of imidazole rings is 1. The Labute approximate surface area is 138 Å². The van der Waals surface area contributed by atoms with Gasteiger partial charge >= 0.3 is 0 Å². The number of fused-ring (bicyclic) bond motifs is 1. The first-order valence-corrected chi connectivity index (χ1v) is 8.53. The monoisotopic (exact) mass is 338 g/mol. The molecule has 0 aliphatic carbocycles. The largest absolute Gasteiger partial charge is 0.326 e. The predicted molar refractivity (Wildman–Crippen MR) is 91.8 cm³/mol. The summed E-state index contributed by atoms with van der Waals surface area (Å²) in [5, 5.41) is -0.107. The quantitative estimate of drug-likeness (QED) is 0.566. The Morgan fingerprint density at radius 3 is 2.76 bits per heavy atom. The standard InChI is InChI=1S/C16H16Cl2N2S/c1-10-3-5-14-13(9-10)19-16(11(2)17)20(14)8-7-12-4-6-15(18)21-12/h3-6,9,11H,7-8H2,1-2H3. The average molecular weight is 339 g/mol. The highest BCUT2D eigenvalue weighted by Crippen LogP contribution is 2.27. The number of benzene rings is 1. The maximum absolute atomic E-state index is 6.30. The van der Waals surface area contributed by atoms with Crippen molar-refractivity contribution in [3.8, 4) is 0 Å². The smallest absolute Gasteiger partial charge is 0.127 e. The molecule has 2 heterocycles.